The van der Waals surface area contributed by atoms with Crippen LogP contribution in [0, 0.1) is 0 Å². The first-order valence-corrected chi connectivity index (χ1v) is 12.8. The Kier molecular flexibility index (Phi) is 10.6. The highest BCUT2D eigenvalue weighted by Gasteiger charge is 2.29. The highest BCUT2D eigenvalue weighted by atomic mass is 16.5. The maximum atomic E-state index is 11.9. The van der Waals surface area contributed by atoms with Crippen molar-refractivity contribution in [2.45, 2.75) is 84.1 Å². The molecule has 1 aliphatic heterocycles. The van der Waals surface area contributed by atoms with Crippen molar-refractivity contribution in [2.75, 3.05) is 31.2 Å². The first-order valence-electron chi connectivity index (χ1n) is 12.8. The molecule has 0 fully saturated rings. The van der Waals surface area contributed by atoms with Gasteiger partial charge in [-0.15, -0.1) is 0 Å². The maximum Gasteiger partial charge on any atom is 0.307 e. The molecule has 0 spiro atoms. The van der Waals surface area contributed by atoms with Gasteiger partial charge in [-0.1, -0.05) is 51.5 Å². The van der Waals surface area contributed by atoms with Crippen molar-refractivity contribution in [3.8, 4) is 5.75 Å². The van der Waals surface area contributed by atoms with Crippen molar-refractivity contribution in [1.82, 2.24) is 9.55 Å². The average molecular weight is 456 g/mol. The highest BCUT2D eigenvalue weighted by Crippen LogP contribution is 2.40. The van der Waals surface area contributed by atoms with Gasteiger partial charge >= 0.3 is 5.97 Å². The normalized spacial score (nSPS) is 15.0. The molecule has 2 heterocycles. The third-order valence-corrected chi connectivity index (χ3v) is 6.43. The first-order chi connectivity index (χ1) is 16.2. The number of hydrogen-bond acceptors (Lipinski definition) is 5. The van der Waals surface area contributed by atoms with Crippen molar-refractivity contribution in [1.29, 1.82) is 0 Å². The molecule has 0 bridgehead atoms. The number of anilines is 1. The summed E-state index contributed by atoms with van der Waals surface area (Å²) in [6.45, 7) is 7.83. The summed E-state index contributed by atoms with van der Waals surface area (Å²) < 4.78 is 13.4. The Morgan fingerprint density at radius 2 is 1.91 bits per heavy atom. The number of hydrogen-bond donors (Lipinski definition) is 0. The zero-order valence-electron chi connectivity index (χ0n) is 20.5. The van der Waals surface area contributed by atoms with Crippen LogP contribution in [0.1, 0.15) is 83.1 Å². The summed E-state index contributed by atoms with van der Waals surface area (Å²) in [6.07, 6.45) is 16.1. The Hall–Kier alpha value is -2.50. The molecule has 0 saturated carbocycles. The number of carbonyl (C=O) groups is 1. The number of aryl methyl sites for hydroxylation is 1. The lowest BCUT2D eigenvalue weighted by molar-refractivity contribution is -0.142. The van der Waals surface area contributed by atoms with E-state index >= 15 is 0 Å². The number of imidazole rings is 1. The van der Waals surface area contributed by atoms with Crippen molar-refractivity contribution in [2.24, 2.45) is 0 Å². The summed E-state index contributed by atoms with van der Waals surface area (Å²) in [5.74, 6) is 1.23. The average Bonchev–Trinajstić information content (AvgIpc) is 3.46. The Morgan fingerprint density at radius 3 is 2.67 bits per heavy atom. The second-order valence-electron chi connectivity index (χ2n) is 8.98. The molecule has 182 valence electrons. The van der Waals surface area contributed by atoms with E-state index in [1.54, 1.807) is 0 Å². The lowest BCUT2D eigenvalue weighted by atomic mass is 9.98. The molecule has 0 radical (unpaired) electrons. The quantitative estimate of drug-likeness (QED) is 0.231. The van der Waals surface area contributed by atoms with E-state index in [1.165, 1.54) is 49.8 Å². The van der Waals surface area contributed by atoms with Crippen LogP contribution < -0.4 is 9.64 Å². The summed E-state index contributed by atoms with van der Waals surface area (Å²) in [7, 11) is 0. The number of esters is 1. The number of benzene rings is 1. The van der Waals surface area contributed by atoms with E-state index in [0.29, 0.717) is 25.5 Å². The molecule has 1 atom stereocenters. The Balaban J connectivity index is 1.55. The van der Waals surface area contributed by atoms with Crippen molar-refractivity contribution >= 4 is 11.7 Å². The SMILES string of the molecule is CCCCCCCCCOc1ccc2c(c1)N(CCC(=O)OCC)CC2CCn1ccnc1. The predicted octanol–water partition coefficient (Wildman–Crippen LogP) is 5.96. The van der Waals surface area contributed by atoms with Gasteiger partial charge in [-0.05, 0) is 31.4 Å². The third kappa shape index (κ3) is 8.09. The molecule has 1 aliphatic rings. The number of rotatable bonds is 16. The molecule has 6 heteroatoms. The lowest BCUT2D eigenvalue weighted by Gasteiger charge is -2.20. The predicted molar refractivity (Wildman–Crippen MR) is 133 cm³/mol. The molecule has 1 unspecified atom stereocenters. The maximum absolute atomic E-state index is 11.9. The monoisotopic (exact) mass is 455 g/mol. The minimum Gasteiger partial charge on any atom is -0.494 e. The van der Waals surface area contributed by atoms with Crippen LogP contribution in [0.5, 0.6) is 5.75 Å². The zero-order chi connectivity index (χ0) is 23.3. The summed E-state index contributed by atoms with van der Waals surface area (Å²) in [6, 6.07) is 6.50. The molecule has 0 N–H and O–H groups in total. The van der Waals surface area contributed by atoms with Gasteiger partial charge in [-0.3, -0.25) is 4.79 Å². The summed E-state index contributed by atoms with van der Waals surface area (Å²) in [4.78, 5) is 18.4. The zero-order valence-corrected chi connectivity index (χ0v) is 20.5. The molecule has 6 nitrogen and oxygen atoms in total. The van der Waals surface area contributed by atoms with Gasteiger partial charge in [0.05, 0.1) is 26.0 Å². The molecular formula is C27H41N3O3. The molecular weight excluding hydrogens is 414 g/mol. The standard InChI is InChI=1S/C27H41N3O3/c1-3-5-6-7-8-9-10-19-33-24-11-12-25-23(13-16-29-18-15-28-22-29)21-30(26(25)20-24)17-14-27(31)32-4-2/h11-12,15,18,20,22-23H,3-10,13-14,16-17,19,21H2,1-2H3. The Bertz CT molecular complexity index is 822. The summed E-state index contributed by atoms with van der Waals surface area (Å²) in [5.41, 5.74) is 2.55. The van der Waals surface area contributed by atoms with Gasteiger partial charge in [0.25, 0.3) is 0 Å². The van der Waals surface area contributed by atoms with Gasteiger partial charge in [-0.25, -0.2) is 4.98 Å². The van der Waals surface area contributed by atoms with Gasteiger partial charge in [0.2, 0.25) is 0 Å². The number of unbranched alkanes of at least 4 members (excludes halogenated alkanes) is 6. The Labute approximate surface area is 199 Å². The van der Waals surface area contributed by atoms with Crippen LogP contribution in [-0.4, -0.2) is 41.8 Å². The fourth-order valence-corrected chi connectivity index (χ4v) is 4.59. The van der Waals surface area contributed by atoms with E-state index in [1.807, 2.05) is 25.6 Å². The first kappa shape index (κ1) is 25.1. The second-order valence-corrected chi connectivity index (χ2v) is 8.98. The van der Waals surface area contributed by atoms with E-state index in [0.717, 1.165) is 38.3 Å². The van der Waals surface area contributed by atoms with Gasteiger partial charge in [0.1, 0.15) is 5.75 Å². The number of ether oxygens (including phenoxy) is 2. The number of nitrogens with zero attached hydrogens (tertiary/aromatic N) is 3. The van der Waals surface area contributed by atoms with Crippen LogP contribution in [-0.2, 0) is 16.1 Å². The topological polar surface area (TPSA) is 56.6 Å². The molecule has 0 saturated heterocycles. The van der Waals surface area contributed by atoms with E-state index in [4.69, 9.17) is 9.47 Å². The number of aromatic nitrogens is 2. The molecule has 3 rings (SSSR count). The van der Waals surface area contributed by atoms with Crippen LogP contribution in [0.15, 0.2) is 36.9 Å². The smallest absolute Gasteiger partial charge is 0.307 e. The van der Waals surface area contributed by atoms with Gasteiger partial charge in [0, 0.05) is 49.7 Å². The number of fused-ring (bicyclic) bond motifs is 1. The van der Waals surface area contributed by atoms with Crippen LogP contribution in [0.25, 0.3) is 0 Å². The van der Waals surface area contributed by atoms with Crippen LogP contribution in [0.4, 0.5) is 5.69 Å². The van der Waals surface area contributed by atoms with Crippen molar-refractivity contribution in [3.63, 3.8) is 0 Å². The highest BCUT2D eigenvalue weighted by molar-refractivity contribution is 5.71. The molecule has 33 heavy (non-hydrogen) atoms. The largest absolute Gasteiger partial charge is 0.494 e. The molecule has 1 aromatic heterocycles. The van der Waals surface area contributed by atoms with Gasteiger partial charge < -0.3 is 18.9 Å². The van der Waals surface area contributed by atoms with Crippen molar-refractivity contribution in [3.05, 3.63) is 42.5 Å². The van der Waals surface area contributed by atoms with E-state index in [2.05, 4.69) is 39.6 Å². The minimum atomic E-state index is -0.132. The van der Waals surface area contributed by atoms with Gasteiger partial charge in [-0.2, -0.15) is 0 Å². The van der Waals surface area contributed by atoms with Crippen LogP contribution in [0.2, 0.25) is 0 Å². The fraction of sp³-hybridized carbons (Fsp3) is 0.630. The third-order valence-electron chi connectivity index (χ3n) is 6.43. The van der Waals surface area contributed by atoms with E-state index in [9.17, 15) is 4.79 Å². The van der Waals surface area contributed by atoms with E-state index in [-0.39, 0.29) is 5.97 Å². The van der Waals surface area contributed by atoms with Gasteiger partial charge in [0.15, 0.2) is 0 Å². The van der Waals surface area contributed by atoms with Crippen LogP contribution in [0.3, 0.4) is 0 Å². The fourth-order valence-electron chi connectivity index (χ4n) is 4.59. The Morgan fingerprint density at radius 1 is 1.09 bits per heavy atom. The second kappa shape index (κ2) is 13.9. The summed E-state index contributed by atoms with van der Waals surface area (Å²) in [5, 5.41) is 0. The van der Waals surface area contributed by atoms with E-state index < -0.39 is 0 Å². The number of carbonyl (C=O) groups excluding carboxylic acids is 1. The summed E-state index contributed by atoms with van der Waals surface area (Å²) >= 11 is 0. The molecule has 2 aromatic rings. The molecule has 0 amide bonds. The van der Waals surface area contributed by atoms with Crippen LogP contribution >= 0.6 is 0 Å². The molecule has 0 aliphatic carbocycles. The minimum absolute atomic E-state index is 0.132. The lowest BCUT2D eigenvalue weighted by Crippen LogP contribution is -2.26. The molecule has 1 aromatic carbocycles. The van der Waals surface area contributed by atoms with Crippen molar-refractivity contribution < 1.29 is 14.3 Å².